The molecule has 0 saturated heterocycles. The number of pyridine rings is 1. The van der Waals surface area contributed by atoms with Crippen LogP contribution in [0.2, 0.25) is 0 Å². The molecule has 0 aliphatic heterocycles. The fourth-order valence-electron chi connectivity index (χ4n) is 6.11. The topological polar surface area (TPSA) is 150 Å². The second kappa shape index (κ2) is 22.9. The highest BCUT2D eigenvalue weighted by Crippen LogP contribution is 2.21. The van der Waals surface area contributed by atoms with Crippen LogP contribution in [0.1, 0.15) is 43.2 Å². The molecule has 62 heavy (non-hydrogen) atoms. The monoisotopic (exact) mass is 847 g/mol. The first-order valence-electron chi connectivity index (χ1n) is 19.9. The molecule has 0 radical (unpaired) electrons. The first kappa shape index (κ1) is 45.8. The van der Waals surface area contributed by atoms with Gasteiger partial charge in [-0.2, -0.15) is 0 Å². The van der Waals surface area contributed by atoms with Gasteiger partial charge in [-0.3, -0.25) is 9.80 Å². The maximum absolute atomic E-state index is 13.3. The lowest BCUT2D eigenvalue weighted by molar-refractivity contribution is 0.0331. The van der Waals surface area contributed by atoms with Crippen LogP contribution >= 0.6 is 0 Å². The van der Waals surface area contributed by atoms with E-state index in [-0.39, 0.29) is 64.0 Å². The van der Waals surface area contributed by atoms with Gasteiger partial charge in [0.05, 0.1) is 14.2 Å². The highest BCUT2D eigenvalue weighted by molar-refractivity contribution is 5.91. The van der Waals surface area contributed by atoms with E-state index in [9.17, 15) is 19.2 Å². The molecular formula is C47H53N5O10. The lowest BCUT2D eigenvalue weighted by Crippen LogP contribution is -2.31. The Morgan fingerprint density at radius 3 is 1.18 bits per heavy atom. The number of ether oxygens (including phenoxy) is 6. The Labute approximate surface area is 362 Å². The number of methoxy groups -OCH3 is 2. The fraction of sp³-hybridized carbons (Fsp3) is 0.298. The zero-order valence-corrected chi connectivity index (χ0v) is 35.9. The smallest absolute Gasteiger partial charge is 0.410 e. The van der Waals surface area contributed by atoms with Crippen molar-refractivity contribution >= 4 is 35.5 Å². The molecule has 5 rings (SSSR count). The Kier molecular flexibility index (Phi) is 16.9. The first-order chi connectivity index (χ1) is 29.9. The molecule has 0 aliphatic carbocycles. The Bertz CT molecular complexity index is 2100. The van der Waals surface area contributed by atoms with Crippen molar-refractivity contribution in [1.29, 1.82) is 0 Å². The summed E-state index contributed by atoms with van der Waals surface area (Å²) in [5, 5.41) is 0. The van der Waals surface area contributed by atoms with Gasteiger partial charge in [-0.25, -0.2) is 24.2 Å². The molecular weight excluding hydrogens is 795 g/mol. The minimum absolute atomic E-state index is 0.148. The van der Waals surface area contributed by atoms with E-state index in [1.54, 1.807) is 24.0 Å². The number of nitrogens with zero attached hydrogens (tertiary/aromatic N) is 5. The number of benzene rings is 4. The van der Waals surface area contributed by atoms with Crippen LogP contribution in [0, 0.1) is 0 Å². The van der Waals surface area contributed by atoms with E-state index in [0.717, 1.165) is 33.6 Å². The average Bonchev–Trinajstić information content (AvgIpc) is 3.29. The van der Waals surface area contributed by atoms with Crippen LogP contribution < -0.4 is 19.3 Å². The molecule has 0 N–H and O–H groups in total. The summed E-state index contributed by atoms with van der Waals surface area (Å²) in [4.78, 5) is 63.6. The van der Waals surface area contributed by atoms with Gasteiger partial charge in [0.2, 0.25) is 0 Å². The van der Waals surface area contributed by atoms with Crippen molar-refractivity contribution in [3.63, 3.8) is 0 Å². The summed E-state index contributed by atoms with van der Waals surface area (Å²) in [6, 6.07) is 34.7. The van der Waals surface area contributed by atoms with Gasteiger partial charge < -0.3 is 38.2 Å². The van der Waals surface area contributed by atoms with Crippen LogP contribution in [0.15, 0.2) is 115 Å². The second-order valence-corrected chi connectivity index (χ2v) is 14.4. The van der Waals surface area contributed by atoms with Gasteiger partial charge in [0.25, 0.3) is 0 Å². The van der Waals surface area contributed by atoms with E-state index in [1.807, 2.05) is 135 Å². The van der Waals surface area contributed by atoms with Crippen LogP contribution in [0.25, 0.3) is 0 Å². The summed E-state index contributed by atoms with van der Waals surface area (Å²) in [5.41, 5.74) is 5.23. The fourth-order valence-corrected chi connectivity index (χ4v) is 6.11. The highest BCUT2D eigenvalue weighted by atomic mass is 16.6. The van der Waals surface area contributed by atoms with Crippen molar-refractivity contribution in [3.8, 4) is 11.5 Å². The summed E-state index contributed by atoms with van der Waals surface area (Å²) in [6.07, 6.45) is -1.21. The molecule has 0 atom stereocenters. The number of hydrogen-bond acceptors (Lipinski definition) is 13. The molecule has 1 aromatic heterocycles. The van der Waals surface area contributed by atoms with Gasteiger partial charge in [-0.05, 0) is 82.9 Å². The zero-order chi connectivity index (χ0) is 44.4. The maximum atomic E-state index is 13.3. The molecule has 2 amide bonds. The van der Waals surface area contributed by atoms with Crippen LogP contribution in [-0.4, -0.2) is 108 Å². The SMILES string of the molecule is COc1cccc(CN(Cc2ccc(N(C)C)cc2)C(=O)OCCOC(=O)c2cccc(C(=O)OCCOC(=O)N(Cc3ccc(N(C)C)cc3)Cc3cccc(OC)c3)n2)c1. The molecule has 4 aromatic carbocycles. The molecule has 1 heterocycles. The third kappa shape index (κ3) is 13.9. The first-order valence-corrected chi connectivity index (χ1v) is 19.9. The summed E-state index contributed by atoms with van der Waals surface area (Å²) < 4.78 is 32.4. The second-order valence-electron chi connectivity index (χ2n) is 14.4. The van der Waals surface area contributed by atoms with Crippen molar-refractivity contribution < 1.29 is 47.6 Å². The van der Waals surface area contributed by atoms with Crippen LogP contribution in [0.5, 0.6) is 11.5 Å². The molecule has 0 unspecified atom stereocenters. The van der Waals surface area contributed by atoms with E-state index in [1.165, 1.54) is 18.2 Å². The Morgan fingerprint density at radius 1 is 0.452 bits per heavy atom. The highest BCUT2D eigenvalue weighted by Gasteiger charge is 2.20. The average molecular weight is 848 g/mol. The van der Waals surface area contributed by atoms with Gasteiger partial charge in [0.1, 0.15) is 49.3 Å². The third-order valence-corrected chi connectivity index (χ3v) is 9.44. The van der Waals surface area contributed by atoms with Crippen LogP contribution in [0.3, 0.4) is 0 Å². The molecule has 0 saturated carbocycles. The van der Waals surface area contributed by atoms with Crippen molar-refractivity contribution in [2.24, 2.45) is 0 Å². The van der Waals surface area contributed by atoms with Crippen LogP contribution in [0.4, 0.5) is 21.0 Å². The standard InChI is InChI=1S/C47H53N5O10/c1-49(2)38-20-16-34(17-21-38)30-51(32-36-10-7-12-40(28-36)57-5)46(55)61-26-24-59-44(53)42-14-9-15-43(48-42)45(54)60-25-27-62-47(56)52(33-37-11-8-13-41(29-37)58-6)31-35-18-22-39(23-19-35)50(3)4/h7-23,28-29H,24-27,30-33H2,1-6H3. The van der Waals surface area contributed by atoms with Gasteiger partial charge in [-0.15, -0.1) is 0 Å². The molecule has 0 bridgehead atoms. The van der Waals surface area contributed by atoms with Crippen molar-refractivity contribution in [3.05, 3.63) is 149 Å². The Balaban J connectivity index is 1.10. The van der Waals surface area contributed by atoms with E-state index in [2.05, 4.69) is 4.98 Å². The van der Waals surface area contributed by atoms with Gasteiger partial charge in [0, 0.05) is 65.7 Å². The number of amides is 2. The molecule has 0 fully saturated rings. The van der Waals surface area contributed by atoms with Crippen molar-refractivity contribution in [1.82, 2.24) is 14.8 Å². The molecule has 5 aromatic rings. The van der Waals surface area contributed by atoms with Gasteiger partial charge in [-0.1, -0.05) is 54.6 Å². The van der Waals surface area contributed by atoms with Gasteiger partial charge in [0.15, 0.2) is 0 Å². The van der Waals surface area contributed by atoms with Gasteiger partial charge >= 0.3 is 24.1 Å². The lowest BCUT2D eigenvalue weighted by Gasteiger charge is -2.23. The summed E-state index contributed by atoms with van der Waals surface area (Å²) >= 11 is 0. The van der Waals surface area contributed by atoms with Crippen molar-refractivity contribution in [2.45, 2.75) is 26.2 Å². The molecule has 15 heteroatoms. The molecule has 0 spiro atoms. The number of rotatable bonds is 20. The Hall–Kier alpha value is -7.29. The quantitative estimate of drug-likeness (QED) is 0.0441. The minimum Gasteiger partial charge on any atom is -0.497 e. The van der Waals surface area contributed by atoms with Crippen molar-refractivity contribution in [2.75, 3.05) is 78.6 Å². The maximum Gasteiger partial charge on any atom is 0.410 e. The summed E-state index contributed by atoms with van der Waals surface area (Å²) in [7, 11) is 11.0. The number of anilines is 2. The summed E-state index contributed by atoms with van der Waals surface area (Å²) in [6.45, 7) is 0.0744. The van der Waals surface area contributed by atoms with E-state index < -0.39 is 24.1 Å². The van der Waals surface area contributed by atoms with Crippen LogP contribution in [-0.2, 0) is 45.1 Å². The number of carbonyl (C=O) groups is 4. The minimum atomic E-state index is -0.827. The van der Waals surface area contributed by atoms with E-state index in [4.69, 9.17) is 28.4 Å². The number of hydrogen-bond donors (Lipinski definition) is 0. The number of carbonyl (C=O) groups excluding carboxylic acids is 4. The molecule has 15 nitrogen and oxygen atoms in total. The predicted molar refractivity (Wildman–Crippen MR) is 234 cm³/mol. The number of aromatic nitrogens is 1. The number of esters is 2. The largest absolute Gasteiger partial charge is 0.497 e. The van der Waals surface area contributed by atoms with E-state index >= 15 is 0 Å². The molecule has 326 valence electrons. The third-order valence-electron chi connectivity index (χ3n) is 9.44. The normalized spacial score (nSPS) is 10.5. The molecule has 0 aliphatic rings. The Morgan fingerprint density at radius 2 is 0.806 bits per heavy atom. The predicted octanol–water partition coefficient (Wildman–Crippen LogP) is 7.22. The van der Waals surface area contributed by atoms with E-state index in [0.29, 0.717) is 11.5 Å². The summed E-state index contributed by atoms with van der Waals surface area (Å²) in [5.74, 6) is -0.336. The zero-order valence-electron chi connectivity index (χ0n) is 35.9. The lowest BCUT2D eigenvalue weighted by atomic mass is 10.1.